The van der Waals surface area contributed by atoms with E-state index in [4.69, 9.17) is 0 Å². The molecule has 0 saturated carbocycles. The number of carbonyl (C=O) groups is 1. The SMILES string of the molecule is CC(C(=O)O)c1c2n(c3ccccc13)C[C@@H](N(C)S(=O)(=O)c1ccc(F)cc1)CC2. The number of sulfonamides is 1. The molecule has 1 N–H and O–H groups in total. The predicted molar refractivity (Wildman–Crippen MR) is 111 cm³/mol. The van der Waals surface area contributed by atoms with Gasteiger partial charge in [0, 0.05) is 36.2 Å². The molecule has 0 radical (unpaired) electrons. The maximum atomic E-state index is 13.2. The van der Waals surface area contributed by atoms with Crippen LogP contribution in [0.3, 0.4) is 0 Å². The largest absolute Gasteiger partial charge is 0.481 e. The average Bonchev–Trinajstić information content (AvgIpc) is 3.06. The fraction of sp³-hybridized carbons (Fsp3) is 0.318. The van der Waals surface area contributed by atoms with Crippen molar-refractivity contribution in [1.29, 1.82) is 0 Å². The second-order valence-electron chi connectivity index (χ2n) is 7.72. The summed E-state index contributed by atoms with van der Waals surface area (Å²) in [6, 6.07) is 12.2. The van der Waals surface area contributed by atoms with Gasteiger partial charge in [0.25, 0.3) is 0 Å². The summed E-state index contributed by atoms with van der Waals surface area (Å²) >= 11 is 0. The molecule has 1 aromatic heterocycles. The number of carboxylic acids is 1. The molecule has 1 unspecified atom stereocenters. The van der Waals surface area contributed by atoms with Crippen LogP contribution in [0.2, 0.25) is 0 Å². The Morgan fingerprint density at radius 2 is 1.87 bits per heavy atom. The number of likely N-dealkylation sites (N-methyl/N-ethyl adjacent to an activating group) is 1. The third-order valence-corrected chi connectivity index (χ3v) is 7.96. The first-order chi connectivity index (χ1) is 14.2. The van der Waals surface area contributed by atoms with Crippen LogP contribution in [-0.4, -0.2) is 41.5 Å². The van der Waals surface area contributed by atoms with Crippen LogP contribution >= 0.6 is 0 Å². The summed E-state index contributed by atoms with van der Waals surface area (Å²) in [6.07, 6.45) is 1.15. The monoisotopic (exact) mass is 430 g/mol. The Kier molecular flexibility index (Phi) is 5.15. The molecule has 0 bridgehead atoms. The maximum absolute atomic E-state index is 13.2. The zero-order valence-electron chi connectivity index (χ0n) is 16.7. The molecule has 4 rings (SSSR count). The molecule has 8 heteroatoms. The minimum Gasteiger partial charge on any atom is -0.481 e. The van der Waals surface area contributed by atoms with Crippen LogP contribution in [-0.2, 0) is 27.8 Å². The first kappa shape index (κ1) is 20.6. The lowest BCUT2D eigenvalue weighted by Crippen LogP contribution is -2.42. The van der Waals surface area contributed by atoms with Crippen molar-refractivity contribution in [3.05, 3.63) is 65.6 Å². The molecular formula is C22H23FN2O4S. The third-order valence-electron chi connectivity index (χ3n) is 6.04. The number of fused-ring (bicyclic) bond motifs is 3. The summed E-state index contributed by atoms with van der Waals surface area (Å²) in [5, 5.41) is 10.5. The van der Waals surface area contributed by atoms with Crippen molar-refractivity contribution >= 4 is 26.9 Å². The molecule has 0 fully saturated rings. The minimum atomic E-state index is -3.77. The van der Waals surface area contributed by atoms with Crippen LogP contribution in [0, 0.1) is 5.82 Å². The number of para-hydroxylation sites is 1. The molecule has 1 aliphatic heterocycles. The molecule has 1 aliphatic rings. The Balaban J connectivity index is 1.72. The maximum Gasteiger partial charge on any atom is 0.310 e. The molecule has 2 atom stereocenters. The van der Waals surface area contributed by atoms with Crippen LogP contribution < -0.4 is 0 Å². The molecule has 2 heterocycles. The van der Waals surface area contributed by atoms with Crippen molar-refractivity contribution < 1.29 is 22.7 Å². The lowest BCUT2D eigenvalue weighted by Gasteiger charge is -2.32. The van der Waals surface area contributed by atoms with Crippen LogP contribution in [0.25, 0.3) is 10.9 Å². The van der Waals surface area contributed by atoms with E-state index < -0.39 is 27.7 Å². The quantitative estimate of drug-likeness (QED) is 0.671. The van der Waals surface area contributed by atoms with E-state index in [0.29, 0.717) is 19.4 Å². The van der Waals surface area contributed by atoms with Gasteiger partial charge in [0.2, 0.25) is 10.0 Å². The lowest BCUT2D eigenvalue weighted by molar-refractivity contribution is -0.138. The first-order valence-electron chi connectivity index (χ1n) is 9.78. The zero-order chi connectivity index (χ0) is 21.6. The zero-order valence-corrected chi connectivity index (χ0v) is 17.6. The van der Waals surface area contributed by atoms with Crippen molar-refractivity contribution in [3.8, 4) is 0 Å². The summed E-state index contributed by atoms with van der Waals surface area (Å²) < 4.78 is 42.7. The van der Waals surface area contributed by atoms with Crippen molar-refractivity contribution in [1.82, 2.24) is 8.87 Å². The van der Waals surface area contributed by atoms with Crippen LogP contribution in [0.15, 0.2) is 53.4 Å². The number of rotatable bonds is 5. The number of benzene rings is 2. The number of carboxylic acid groups (broad SMARTS) is 1. The molecule has 30 heavy (non-hydrogen) atoms. The standard InChI is InChI=1S/C22H23FN2O4S/c1-14(22(26)27)21-18-5-3-4-6-19(18)25-13-16(9-12-20(21)25)24(2)30(28,29)17-10-7-15(23)8-11-17/h3-8,10-11,14,16H,9,12-13H2,1-2H3,(H,26,27)/t14?,16-/m0/s1. The van der Waals surface area contributed by atoms with Crippen molar-refractivity contribution in [2.75, 3.05) is 7.05 Å². The molecule has 3 aromatic rings. The highest BCUT2D eigenvalue weighted by Crippen LogP contribution is 2.37. The number of nitrogens with zero attached hydrogens (tertiary/aromatic N) is 2. The van der Waals surface area contributed by atoms with E-state index in [9.17, 15) is 22.7 Å². The molecular weight excluding hydrogens is 407 g/mol. The molecule has 0 aliphatic carbocycles. The van der Waals surface area contributed by atoms with Gasteiger partial charge in [-0.25, -0.2) is 12.8 Å². The Morgan fingerprint density at radius 1 is 1.20 bits per heavy atom. The highest BCUT2D eigenvalue weighted by atomic mass is 32.2. The topological polar surface area (TPSA) is 79.6 Å². The van der Waals surface area contributed by atoms with E-state index in [2.05, 4.69) is 4.57 Å². The van der Waals surface area contributed by atoms with Gasteiger partial charge in [0.1, 0.15) is 5.82 Å². The average molecular weight is 431 g/mol. The van der Waals surface area contributed by atoms with Gasteiger partial charge in [0.05, 0.1) is 10.8 Å². The number of halogens is 1. The minimum absolute atomic E-state index is 0.0507. The van der Waals surface area contributed by atoms with Crippen molar-refractivity contribution in [3.63, 3.8) is 0 Å². The molecule has 0 spiro atoms. The summed E-state index contributed by atoms with van der Waals surface area (Å²) in [6.45, 7) is 2.11. The Labute approximate surface area is 174 Å². The van der Waals surface area contributed by atoms with Gasteiger partial charge in [-0.15, -0.1) is 0 Å². The summed E-state index contributed by atoms with van der Waals surface area (Å²) in [4.78, 5) is 11.7. The van der Waals surface area contributed by atoms with Gasteiger partial charge in [-0.3, -0.25) is 4.79 Å². The van der Waals surface area contributed by atoms with E-state index in [-0.39, 0.29) is 10.9 Å². The summed E-state index contributed by atoms with van der Waals surface area (Å²) in [7, 11) is -2.23. The summed E-state index contributed by atoms with van der Waals surface area (Å²) in [5.41, 5.74) is 2.67. The lowest BCUT2D eigenvalue weighted by atomic mass is 9.94. The predicted octanol–water partition coefficient (Wildman–Crippen LogP) is 3.60. The van der Waals surface area contributed by atoms with E-state index in [1.54, 1.807) is 14.0 Å². The molecule has 2 aromatic carbocycles. The third kappa shape index (κ3) is 3.30. The second kappa shape index (κ2) is 7.52. The van der Waals surface area contributed by atoms with Gasteiger partial charge < -0.3 is 9.67 Å². The van der Waals surface area contributed by atoms with E-state index >= 15 is 0 Å². The van der Waals surface area contributed by atoms with Gasteiger partial charge in [-0.05, 0) is 55.7 Å². The van der Waals surface area contributed by atoms with Gasteiger partial charge in [-0.2, -0.15) is 4.31 Å². The Morgan fingerprint density at radius 3 is 2.53 bits per heavy atom. The molecule has 0 amide bonds. The Hall–Kier alpha value is -2.71. The normalized spacial score (nSPS) is 17.8. The highest BCUT2D eigenvalue weighted by Gasteiger charge is 2.34. The Bertz CT molecular complexity index is 1220. The smallest absolute Gasteiger partial charge is 0.310 e. The van der Waals surface area contributed by atoms with Crippen molar-refractivity contribution in [2.24, 2.45) is 0 Å². The van der Waals surface area contributed by atoms with Crippen LogP contribution in [0.1, 0.15) is 30.5 Å². The molecule has 158 valence electrons. The van der Waals surface area contributed by atoms with Crippen molar-refractivity contribution in [2.45, 2.75) is 43.2 Å². The summed E-state index contributed by atoms with van der Waals surface area (Å²) in [5.74, 6) is -2.02. The molecule has 0 saturated heterocycles. The van der Waals surface area contributed by atoms with Gasteiger partial charge in [-0.1, -0.05) is 18.2 Å². The number of aliphatic carboxylic acids is 1. The highest BCUT2D eigenvalue weighted by molar-refractivity contribution is 7.89. The van der Waals surface area contributed by atoms with E-state index in [1.807, 2.05) is 24.3 Å². The van der Waals surface area contributed by atoms with Gasteiger partial charge in [0.15, 0.2) is 0 Å². The second-order valence-corrected chi connectivity index (χ2v) is 9.71. The fourth-order valence-corrected chi connectivity index (χ4v) is 5.72. The van der Waals surface area contributed by atoms with Gasteiger partial charge >= 0.3 is 5.97 Å². The van der Waals surface area contributed by atoms with Crippen LogP contribution in [0.5, 0.6) is 0 Å². The number of hydrogen-bond acceptors (Lipinski definition) is 3. The van der Waals surface area contributed by atoms with Crippen LogP contribution in [0.4, 0.5) is 4.39 Å². The number of hydrogen-bond donors (Lipinski definition) is 1. The fourth-order valence-electron chi connectivity index (χ4n) is 4.34. The van der Waals surface area contributed by atoms with E-state index in [1.165, 1.54) is 16.4 Å². The van der Waals surface area contributed by atoms with E-state index in [0.717, 1.165) is 34.3 Å². The first-order valence-corrected chi connectivity index (χ1v) is 11.2. The number of aromatic nitrogens is 1. The molecule has 6 nitrogen and oxygen atoms in total.